The van der Waals surface area contributed by atoms with Gasteiger partial charge in [-0.2, -0.15) is 0 Å². The van der Waals surface area contributed by atoms with Gasteiger partial charge in [0.2, 0.25) is 0 Å². The number of carbonyl (C=O) groups is 1. The fourth-order valence-electron chi connectivity index (χ4n) is 2.36. The standard InChI is InChI=1S/C18H14O3/c19-18(20)16-7-3-1-5-13(16)9-11-15-12-10-14-6-2-4-8-17(14)21-15/h1-8,15H,10,12H2,(H,19,20). The quantitative estimate of drug-likeness (QED) is 0.815. The highest BCUT2D eigenvalue weighted by molar-refractivity contribution is 5.90. The lowest BCUT2D eigenvalue weighted by atomic mass is 10.0. The Morgan fingerprint density at radius 3 is 2.76 bits per heavy atom. The van der Waals surface area contributed by atoms with Crippen molar-refractivity contribution < 1.29 is 14.6 Å². The molecule has 0 amide bonds. The molecule has 3 rings (SSSR count). The van der Waals surface area contributed by atoms with Gasteiger partial charge in [-0.05, 0) is 36.6 Å². The van der Waals surface area contributed by atoms with Gasteiger partial charge in [-0.1, -0.05) is 42.2 Å². The zero-order chi connectivity index (χ0) is 14.7. The molecule has 0 spiro atoms. The van der Waals surface area contributed by atoms with Gasteiger partial charge in [0.1, 0.15) is 5.75 Å². The van der Waals surface area contributed by atoms with E-state index in [1.165, 1.54) is 5.56 Å². The largest absolute Gasteiger partial charge is 0.478 e. The monoisotopic (exact) mass is 278 g/mol. The van der Waals surface area contributed by atoms with Gasteiger partial charge in [0, 0.05) is 5.56 Å². The van der Waals surface area contributed by atoms with Crippen molar-refractivity contribution in [2.24, 2.45) is 0 Å². The summed E-state index contributed by atoms with van der Waals surface area (Å²) in [5.74, 6) is 5.88. The van der Waals surface area contributed by atoms with Crippen LogP contribution in [-0.4, -0.2) is 17.2 Å². The third-order valence-corrected chi connectivity index (χ3v) is 3.44. The molecule has 1 aliphatic rings. The molecule has 0 fully saturated rings. The van der Waals surface area contributed by atoms with Crippen molar-refractivity contribution in [2.75, 3.05) is 0 Å². The maximum absolute atomic E-state index is 11.1. The first kappa shape index (κ1) is 13.3. The number of aryl methyl sites for hydroxylation is 1. The molecule has 3 nitrogen and oxygen atoms in total. The number of para-hydroxylation sites is 1. The van der Waals surface area contributed by atoms with Gasteiger partial charge in [0.15, 0.2) is 6.10 Å². The highest BCUT2D eigenvalue weighted by atomic mass is 16.5. The SMILES string of the molecule is O=C(O)c1ccccc1C#CC1CCc2ccccc2O1. The molecule has 3 heteroatoms. The average molecular weight is 278 g/mol. The van der Waals surface area contributed by atoms with E-state index in [-0.39, 0.29) is 11.7 Å². The van der Waals surface area contributed by atoms with Crippen LogP contribution >= 0.6 is 0 Å². The second-order valence-electron chi connectivity index (χ2n) is 4.87. The predicted molar refractivity (Wildman–Crippen MR) is 79.5 cm³/mol. The number of hydrogen-bond acceptors (Lipinski definition) is 2. The number of ether oxygens (including phenoxy) is 1. The number of carboxylic acids is 1. The van der Waals surface area contributed by atoms with Crippen LogP contribution < -0.4 is 4.74 Å². The van der Waals surface area contributed by atoms with E-state index in [0.29, 0.717) is 5.56 Å². The first-order chi connectivity index (χ1) is 10.2. The Hall–Kier alpha value is -2.73. The Morgan fingerprint density at radius 1 is 1.14 bits per heavy atom. The molecule has 104 valence electrons. The predicted octanol–water partition coefficient (Wildman–Crippen LogP) is 3.13. The zero-order valence-electron chi connectivity index (χ0n) is 11.4. The summed E-state index contributed by atoms with van der Waals surface area (Å²) in [6.45, 7) is 0. The lowest BCUT2D eigenvalue weighted by molar-refractivity contribution is 0.0696. The number of aromatic carboxylic acids is 1. The number of fused-ring (bicyclic) bond motifs is 1. The summed E-state index contributed by atoms with van der Waals surface area (Å²) in [6.07, 6.45) is 1.55. The van der Waals surface area contributed by atoms with E-state index in [9.17, 15) is 4.79 Å². The first-order valence-electron chi connectivity index (χ1n) is 6.82. The van der Waals surface area contributed by atoms with Gasteiger partial charge in [-0.15, -0.1) is 0 Å². The van der Waals surface area contributed by atoms with Crippen molar-refractivity contribution in [2.45, 2.75) is 18.9 Å². The summed E-state index contributed by atoms with van der Waals surface area (Å²) in [7, 11) is 0. The van der Waals surface area contributed by atoms with Gasteiger partial charge in [-0.3, -0.25) is 0 Å². The molecular weight excluding hydrogens is 264 g/mol. The van der Waals surface area contributed by atoms with Crippen molar-refractivity contribution in [1.82, 2.24) is 0 Å². The van der Waals surface area contributed by atoms with Gasteiger partial charge in [0.05, 0.1) is 5.56 Å². The Balaban J connectivity index is 1.82. The van der Waals surface area contributed by atoms with E-state index in [2.05, 4.69) is 17.9 Å². The lowest BCUT2D eigenvalue weighted by Crippen LogP contribution is -2.20. The molecule has 21 heavy (non-hydrogen) atoms. The Morgan fingerprint density at radius 2 is 1.90 bits per heavy atom. The minimum absolute atomic E-state index is 0.193. The zero-order valence-corrected chi connectivity index (χ0v) is 11.4. The van der Waals surface area contributed by atoms with E-state index < -0.39 is 5.97 Å². The fraction of sp³-hybridized carbons (Fsp3) is 0.167. The summed E-state index contributed by atoms with van der Waals surface area (Å²) < 4.78 is 5.83. The van der Waals surface area contributed by atoms with Crippen LogP contribution in [0.5, 0.6) is 5.75 Å². The van der Waals surface area contributed by atoms with Crippen molar-refractivity contribution in [3.8, 4) is 17.6 Å². The normalized spacial score (nSPS) is 16.1. The maximum Gasteiger partial charge on any atom is 0.336 e. The van der Waals surface area contributed by atoms with E-state index in [0.717, 1.165) is 18.6 Å². The van der Waals surface area contributed by atoms with Crippen molar-refractivity contribution >= 4 is 5.97 Å². The molecule has 0 aromatic heterocycles. The maximum atomic E-state index is 11.1. The van der Waals surface area contributed by atoms with E-state index in [1.54, 1.807) is 24.3 Å². The van der Waals surface area contributed by atoms with Crippen molar-refractivity contribution in [3.05, 3.63) is 65.2 Å². The first-order valence-corrected chi connectivity index (χ1v) is 6.82. The van der Waals surface area contributed by atoms with Crippen molar-refractivity contribution in [3.63, 3.8) is 0 Å². The Labute approximate surface area is 123 Å². The van der Waals surface area contributed by atoms with Crippen LogP contribution in [0.3, 0.4) is 0 Å². The smallest absolute Gasteiger partial charge is 0.336 e. The molecule has 0 aliphatic carbocycles. The summed E-state index contributed by atoms with van der Waals surface area (Å²) in [5.41, 5.74) is 1.94. The summed E-state index contributed by atoms with van der Waals surface area (Å²) in [6, 6.07) is 14.7. The molecule has 1 atom stereocenters. The molecule has 2 aromatic carbocycles. The van der Waals surface area contributed by atoms with Gasteiger partial charge in [-0.25, -0.2) is 4.79 Å². The summed E-state index contributed by atoms with van der Waals surface area (Å²) >= 11 is 0. The van der Waals surface area contributed by atoms with E-state index >= 15 is 0 Å². The van der Waals surface area contributed by atoms with Crippen molar-refractivity contribution in [1.29, 1.82) is 0 Å². The molecule has 1 unspecified atom stereocenters. The molecule has 0 radical (unpaired) electrons. The summed E-state index contributed by atoms with van der Waals surface area (Å²) in [4.78, 5) is 11.1. The molecule has 0 bridgehead atoms. The topological polar surface area (TPSA) is 46.5 Å². The highest BCUT2D eigenvalue weighted by Gasteiger charge is 2.17. The highest BCUT2D eigenvalue weighted by Crippen LogP contribution is 2.26. The molecule has 1 N–H and O–H groups in total. The van der Waals surface area contributed by atoms with Crippen LogP contribution in [0.15, 0.2) is 48.5 Å². The molecule has 1 heterocycles. The van der Waals surface area contributed by atoms with Crippen LogP contribution in [0.4, 0.5) is 0 Å². The average Bonchev–Trinajstić information content (AvgIpc) is 2.53. The third-order valence-electron chi connectivity index (χ3n) is 3.44. The number of rotatable bonds is 1. The second-order valence-corrected chi connectivity index (χ2v) is 4.87. The number of carboxylic acid groups (broad SMARTS) is 1. The molecule has 1 aliphatic heterocycles. The molecule has 0 saturated heterocycles. The van der Waals surface area contributed by atoms with Gasteiger partial charge >= 0.3 is 5.97 Å². The van der Waals surface area contributed by atoms with Crippen LogP contribution in [0.25, 0.3) is 0 Å². The number of hydrogen-bond donors (Lipinski definition) is 1. The second kappa shape index (κ2) is 5.72. The Kier molecular flexibility index (Phi) is 3.61. The Bertz CT molecular complexity index is 737. The number of benzene rings is 2. The van der Waals surface area contributed by atoms with Crippen LogP contribution in [0.1, 0.15) is 27.9 Å². The van der Waals surface area contributed by atoms with E-state index in [1.807, 2.05) is 18.2 Å². The fourth-order valence-corrected chi connectivity index (χ4v) is 2.36. The van der Waals surface area contributed by atoms with E-state index in [4.69, 9.17) is 9.84 Å². The van der Waals surface area contributed by atoms with Crippen LogP contribution in [0, 0.1) is 11.8 Å². The van der Waals surface area contributed by atoms with Gasteiger partial charge in [0.25, 0.3) is 0 Å². The van der Waals surface area contributed by atoms with Crippen LogP contribution in [0.2, 0.25) is 0 Å². The summed E-state index contributed by atoms with van der Waals surface area (Å²) in [5, 5.41) is 9.13. The molecular formula is C18H14O3. The minimum Gasteiger partial charge on any atom is -0.478 e. The van der Waals surface area contributed by atoms with Gasteiger partial charge < -0.3 is 9.84 Å². The molecule has 2 aromatic rings. The molecule has 0 saturated carbocycles. The van der Waals surface area contributed by atoms with Crippen LogP contribution in [-0.2, 0) is 6.42 Å². The lowest BCUT2D eigenvalue weighted by Gasteiger charge is -2.22. The minimum atomic E-state index is -0.963. The third kappa shape index (κ3) is 2.90.